The molecule has 11 heteroatoms. The highest BCUT2D eigenvalue weighted by atomic mass is 35.5. The van der Waals surface area contributed by atoms with Crippen LogP contribution in [0, 0.1) is 0 Å². The summed E-state index contributed by atoms with van der Waals surface area (Å²) in [4.78, 5) is 24.4. The average Bonchev–Trinajstić information content (AvgIpc) is 3.18. The van der Waals surface area contributed by atoms with E-state index in [4.69, 9.17) is 16.3 Å². The van der Waals surface area contributed by atoms with Gasteiger partial charge in [-0.2, -0.15) is 4.31 Å². The van der Waals surface area contributed by atoms with Crippen LogP contribution in [-0.4, -0.2) is 91.6 Å². The summed E-state index contributed by atoms with van der Waals surface area (Å²) in [7, 11) is -3.63. The number of likely N-dealkylation sites (tertiary alicyclic amines) is 1. The Balaban J connectivity index is 0.998. The molecule has 0 saturated carbocycles. The Kier molecular flexibility index (Phi) is 7.24. The molecule has 0 radical (unpaired) electrons. The van der Waals surface area contributed by atoms with E-state index in [1.165, 1.54) is 0 Å². The van der Waals surface area contributed by atoms with Gasteiger partial charge in [0.25, 0.3) is 0 Å². The monoisotopic (exact) mass is 559 g/mol. The summed E-state index contributed by atoms with van der Waals surface area (Å²) in [6, 6.07) is 10.9. The summed E-state index contributed by atoms with van der Waals surface area (Å²) in [6.45, 7) is 5.28. The van der Waals surface area contributed by atoms with Gasteiger partial charge in [0.2, 0.25) is 10.0 Å². The molecule has 204 valence electrons. The number of anilines is 1. The van der Waals surface area contributed by atoms with Crippen molar-refractivity contribution in [1.82, 2.24) is 19.1 Å². The van der Waals surface area contributed by atoms with Crippen molar-refractivity contribution in [2.75, 3.05) is 50.8 Å². The average molecular weight is 560 g/mol. The standard InChI is InChI=1S/C27H34ClN5O4S/c28-20-7-8-25-23(18-20)24-5-3-4-22(33(24)38(25,35)36)19-37-27(34)32-12-9-21(10-13-32)30-14-16-31(17-15-30)26-6-1-2-11-29-26/h1-2,6-8,11,18,21-22,24H,3-5,9-10,12-17,19H2/t22-,24+/m1/s1. The number of hydrogen-bond donors (Lipinski definition) is 0. The lowest BCUT2D eigenvalue weighted by molar-refractivity contribution is 0.0481. The van der Waals surface area contributed by atoms with Gasteiger partial charge in [0.1, 0.15) is 12.4 Å². The summed E-state index contributed by atoms with van der Waals surface area (Å²) >= 11 is 6.17. The van der Waals surface area contributed by atoms with Crippen molar-refractivity contribution in [1.29, 1.82) is 0 Å². The van der Waals surface area contributed by atoms with Crippen LogP contribution in [0.15, 0.2) is 47.5 Å². The van der Waals surface area contributed by atoms with Crippen molar-refractivity contribution in [3.8, 4) is 0 Å². The zero-order chi connectivity index (χ0) is 26.3. The van der Waals surface area contributed by atoms with E-state index in [9.17, 15) is 13.2 Å². The lowest BCUT2D eigenvalue weighted by Gasteiger charge is -2.43. The number of hydrogen-bond acceptors (Lipinski definition) is 7. The lowest BCUT2D eigenvalue weighted by atomic mass is 9.94. The number of sulfonamides is 1. The van der Waals surface area contributed by atoms with Gasteiger partial charge in [-0.25, -0.2) is 18.2 Å². The summed E-state index contributed by atoms with van der Waals surface area (Å²) < 4.78 is 33.9. The predicted molar refractivity (Wildman–Crippen MR) is 145 cm³/mol. The third kappa shape index (κ3) is 4.87. The fraction of sp³-hybridized carbons (Fsp3) is 0.556. The van der Waals surface area contributed by atoms with Crippen molar-refractivity contribution in [3.63, 3.8) is 0 Å². The van der Waals surface area contributed by atoms with E-state index in [0.29, 0.717) is 35.5 Å². The first-order valence-corrected chi connectivity index (χ1v) is 15.4. The number of rotatable bonds is 4. The van der Waals surface area contributed by atoms with Crippen molar-refractivity contribution in [2.45, 2.75) is 55.1 Å². The van der Waals surface area contributed by atoms with E-state index in [1.54, 1.807) is 27.4 Å². The van der Waals surface area contributed by atoms with Gasteiger partial charge >= 0.3 is 6.09 Å². The van der Waals surface area contributed by atoms with E-state index in [-0.39, 0.29) is 24.8 Å². The van der Waals surface area contributed by atoms with Gasteiger partial charge in [-0.1, -0.05) is 17.7 Å². The van der Waals surface area contributed by atoms with Crippen LogP contribution in [0.25, 0.3) is 0 Å². The smallest absolute Gasteiger partial charge is 0.409 e. The number of amides is 1. The Labute approximate surface area is 229 Å². The van der Waals surface area contributed by atoms with Gasteiger partial charge in [-0.15, -0.1) is 0 Å². The summed E-state index contributed by atoms with van der Waals surface area (Å²) in [5.74, 6) is 1.03. The molecular formula is C27H34ClN5O4S. The first-order chi connectivity index (χ1) is 18.4. The SMILES string of the molecule is O=C(OC[C@H]1CCC[C@H]2c3cc(Cl)ccc3S(=O)(=O)N12)N1CCC(N2CCN(c3ccccn3)CC2)CC1. The topological polar surface area (TPSA) is 86.3 Å². The van der Waals surface area contributed by atoms with Crippen LogP contribution in [0.1, 0.15) is 43.7 Å². The highest BCUT2D eigenvalue weighted by Crippen LogP contribution is 2.47. The number of nitrogens with zero attached hydrogens (tertiary/aromatic N) is 5. The molecule has 9 nitrogen and oxygen atoms in total. The van der Waals surface area contributed by atoms with Gasteiger partial charge < -0.3 is 14.5 Å². The van der Waals surface area contributed by atoms with E-state index in [1.807, 2.05) is 18.3 Å². The number of piperazine rings is 1. The van der Waals surface area contributed by atoms with Crippen LogP contribution in [-0.2, 0) is 14.8 Å². The highest BCUT2D eigenvalue weighted by Gasteiger charge is 2.48. The summed E-state index contributed by atoms with van der Waals surface area (Å²) in [5.41, 5.74) is 0.761. The molecule has 0 unspecified atom stereocenters. The van der Waals surface area contributed by atoms with Gasteiger partial charge in [-0.3, -0.25) is 4.90 Å². The number of piperidine rings is 2. The molecule has 6 rings (SSSR count). The molecule has 0 N–H and O–H groups in total. The second kappa shape index (κ2) is 10.6. The highest BCUT2D eigenvalue weighted by molar-refractivity contribution is 7.89. The minimum Gasteiger partial charge on any atom is -0.448 e. The van der Waals surface area contributed by atoms with E-state index < -0.39 is 10.0 Å². The molecule has 4 aliphatic heterocycles. The molecule has 38 heavy (non-hydrogen) atoms. The molecule has 3 saturated heterocycles. The number of pyridine rings is 1. The Morgan fingerprint density at radius 2 is 1.79 bits per heavy atom. The molecule has 1 amide bonds. The molecule has 3 fully saturated rings. The predicted octanol–water partition coefficient (Wildman–Crippen LogP) is 3.76. The molecule has 0 spiro atoms. The van der Waals surface area contributed by atoms with E-state index in [2.05, 4.69) is 20.9 Å². The molecule has 1 aromatic heterocycles. The van der Waals surface area contributed by atoms with Crippen LogP contribution >= 0.6 is 11.6 Å². The molecular weight excluding hydrogens is 526 g/mol. The first kappa shape index (κ1) is 25.9. The third-order valence-corrected chi connectivity index (χ3v) is 10.8. The van der Waals surface area contributed by atoms with Gasteiger partial charge in [0.15, 0.2) is 0 Å². The molecule has 0 bridgehead atoms. The van der Waals surface area contributed by atoms with Gasteiger partial charge in [0.05, 0.1) is 17.0 Å². The number of aromatic nitrogens is 1. The number of ether oxygens (including phenoxy) is 1. The maximum atomic E-state index is 13.3. The zero-order valence-corrected chi connectivity index (χ0v) is 23.0. The minimum atomic E-state index is -3.63. The van der Waals surface area contributed by atoms with Crippen LogP contribution in [0.4, 0.5) is 10.6 Å². The summed E-state index contributed by atoms with van der Waals surface area (Å²) in [5, 5.41) is 0.535. The zero-order valence-electron chi connectivity index (χ0n) is 21.4. The molecule has 0 aliphatic carbocycles. The third-order valence-electron chi connectivity index (χ3n) is 8.49. The van der Waals surface area contributed by atoms with Crippen LogP contribution in [0.5, 0.6) is 0 Å². The number of halogens is 1. The molecule has 1 aromatic carbocycles. The Morgan fingerprint density at radius 1 is 1.00 bits per heavy atom. The normalized spacial score (nSPS) is 26.1. The van der Waals surface area contributed by atoms with Crippen molar-refractivity contribution in [2.24, 2.45) is 0 Å². The number of benzene rings is 1. The maximum absolute atomic E-state index is 13.3. The maximum Gasteiger partial charge on any atom is 0.409 e. The van der Waals surface area contributed by atoms with Gasteiger partial charge in [-0.05, 0) is 68.0 Å². The second-order valence-electron chi connectivity index (χ2n) is 10.6. The largest absolute Gasteiger partial charge is 0.448 e. The van der Waals surface area contributed by atoms with Crippen molar-refractivity contribution < 1.29 is 17.9 Å². The Hall–Kier alpha value is -2.40. The fourth-order valence-electron chi connectivity index (χ4n) is 6.53. The number of carbonyl (C=O) groups is 1. The fourth-order valence-corrected chi connectivity index (χ4v) is 8.78. The number of carbonyl (C=O) groups excluding carboxylic acids is 1. The van der Waals surface area contributed by atoms with Crippen LogP contribution in [0.3, 0.4) is 0 Å². The molecule has 5 heterocycles. The second-order valence-corrected chi connectivity index (χ2v) is 12.9. The Bertz CT molecular complexity index is 1260. The lowest BCUT2D eigenvalue weighted by Crippen LogP contribution is -2.54. The van der Waals surface area contributed by atoms with Crippen LogP contribution < -0.4 is 4.90 Å². The minimum absolute atomic E-state index is 0.0751. The molecule has 4 aliphatic rings. The van der Waals surface area contributed by atoms with Crippen LogP contribution in [0.2, 0.25) is 5.02 Å². The molecule has 2 aromatic rings. The first-order valence-electron chi connectivity index (χ1n) is 13.6. The van der Waals surface area contributed by atoms with Crippen molar-refractivity contribution >= 4 is 33.5 Å². The quantitative estimate of drug-likeness (QED) is 0.564. The molecule has 2 atom stereocenters. The number of fused-ring (bicyclic) bond motifs is 3. The van der Waals surface area contributed by atoms with Crippen molar-refractivity contribution in [3.05, 3.63) is 53.2 Å². The van der Waals surface area contributed by atoms with E-state index in [0.717, 1.165) is 63.2 Å². The van der Waals surface area contributed by atoms with Gasteiger partial charge in [0, 0.05) is 56.5 Å². The van der Waals surface area contributed by atoms with E-state index >= 15 is 0 Å². The summed E-state index contributed by atoms with van der Waals surface area (Å²) in [6.07, 6.45) is 5.63. The Morgan fingerprint density at radius 3 is 2.53 bits per heavy atom.